The van der Waals surface area contributed by atoms with Crippen LogP contribution in [-0.2, 0) is 32.3 Å². The number of carboxylic acid groups (broad SMARTS) is 2. The number of aliphatic hydroxyl groups excluding tert-OH is 2. The molecule has 0 fully saturated rings. The van der Waals surface area contributed by atoms with Gasteiger partial charge in [0.2, 0.25) is 0 Å². The van der Waals surface area contributed by atoms with Gasteiger partial charge in [0.25, 0.3) is 0 Å². The summed E-state index contributed by atoms with van der Waals surface area (Å²) in [5, 5.41) is 41.7. The van der Waals surface area contributed by atoms with Crippen LogP contribution in [0.1, 0.15) is 205 Å². The maximum atomic E-state index is 10.5. The maximum Gasteiger partial charge on any atom is 2.00 e. The Morgan fingerprint density at radius 3 is 1.08 bits per heavy atom. The summed E-state index contributed by atoms with van der Waals surface area (Å²) in [5.74, 6) is -2.10. The number of benzene rings is 2. The van der Waals surface area contributed by atoms with E-state index in [0.717, 1.165) is 36.8 Å². The van der Waals surface area contributed by atoms with Crippen LogP contribution in [-0.4, -0.2) is 95.4 Å². The number of aliphatic hydroxyl groups is 2. The second-order valence-electron chi connectivity index (χ2n) is 16.4. The molecule has 0 saturated carbocycles. The number of hydrogen-bond acceptors (Lipinski definition) is 8. The molecule has 8 nitrogen and oxygen atoms in total. The molecule has 4 atom stereocenters. The van der Waals surface area contributed by atoms with Gasteiger partial charge in [-0.1, -0.05) is 190 Å². The van der Waals surface area contributed by atoms with Crippen molar-refractivity contribution in [3.05, 3.63) is 71.8 Å². The van der Waals surface area contributed by atoms with Gasteiger partial charge in [-0.2, -0.15) is 0 Å². The first-order valence-corrected chi connectivity index (χ1v) is 23.3. The molecule has 2 rings (SSSR count). The minimum Gasteiger partial charge on any atom is -0.550 e. The van der Waals surface area contributed by atoms with Gasteiger partial charge in [0.1, 0.15) is 0 Å². The van der Waals surface area contributed by atoms with Crippen LogP contribution >= 0.6 is 0 Å². The minimum absolute atomic E-state index is 0. The van der Waals surface area contributed by atoms with Crippen LogP contribution in [0.2, 0.25) is 0 Å². The van der Waals surface area contributed by atoms with Crippen molar-refractivity contribution in [2.75, 3.05) is 0 Å². The van der Waals surface area contributed by atoms with Crippen molar-refractivity contribution in [2.45, 2.75) is 231 Å². The molecule has 0 aliphatic rings. The fourth-order valence-electron chi connectivity index (χ4n) is 7.29. The third kappa shape index (κ3) is 38.2. The number of hydrogen-bond donors (Lipinski definition) is 2. The van der Waals surface area contributed by atoms with E-state index in [0.29, 0.717) is 51.7 Å². The third-order valence-corrected chi connectivity index (χ3v) is 10.8. The van der Waals surface area contributed by atoms with Gasteiger partial charge in [-0.3, -0.25) is 0 Å². The molecule has 0 aromatic heterocycles. The molecule has 2 aromatic rings. The largest absolute Gasteiger partial charge is 2.00 e. The molecule has 332 valence electrons. The first kappa shape index (κ1) is 57.8. The molecule has 0 heterocycles. The predicted molar refractivity (Wildman–Crippen MR) is 238 cm³/mol. The quantitative estimate of drug-likeness (QED) is 0.0501. The summed E-state index contributed by atoms with van der Waals surface area (Å²) in [7, 11) is 0. The molecule has 9 heteroatoms. The Bertz CT molecular complexity index is 1110. The Hall–Kier alpha value is -1.21. The Morgan fingerprint density at radius 1 is 0.475 bits per heavy atom. The summed E-state index contributed by atoms with van der Waals surface area (Å²) in [6.45, 7) is 5.59. The van der Waals surface area contributed by atoms with Crippen LogP contribution in [0.15, 0.2) is 60.7 Å². The molecule has 0 aliphatic carbocycles. The number of aliphatic carboxylic acids is 2. The minimum atomic E-state index is -1.05. The molecule has 2 aromatic carbocycles. The summed E-state index contributed by atoms with van der Waals surface area (Å²) in [6, 6.07) is 20.2. The molecule has 59 heavy (non-hydrogen) atoms. The van der Waals surface area contributed by atoms with Crippen LogP contribution in [0.5, 0.6) is 0 Å². The third-order valence-electron chi connectivity index (χ3n) is 10.8. The van der Waals surface area contributed by atoms with Crippen molar-refractivity contribution in [2.24, 2.45) is 0 Å². The van der Waals surface area contributed by atoms with Gasteiger partial charge in [0.05, 0.1) is 37.6 Å². The van der Waals surface area contributed by atoms with Crippen LogP contribution in [0.3, 0.4) is 0 Å². The van der Waals surface area contributed by atoms with Crippen molar-refractivity contribution < 1.29 is 39.5 Å². The second-order valence-corrected chi connectivity index (χ2v) is 16.4. The number of carbonyl (C=O) groups is 2. The molecule has 0 amide bonds. The second kappa shape index (κ2) is 42.1. The normalized spacial score (nSPS) is 13.1. The van der Waals surface area contributed by atoms with Crippen LogP contribution < -0.4 is 10.2 Å². The summed E-state index contributed by atoms with van der Waals surface area (Å²) in [4.78, 5) is 21.1. The van der Waals surface area contributed by atoms with Crippen LogP contribution in [0.4, 0.5) is 0 Å². The number of carbonyl (C=O) groups excluding carboxylic acids is 2. The van der Waals surface area contributed by atoms with E-state index in [9.17, 15) is 30.0 Å². The first-order chi connectivity index (χ1) is 28.2. The standard InChI is InChI=1S/2C25H42O4.Ba/c2*1-2-3-4-5-6-7-8-9-13-18-24(20-23(26)17-14-19-25(27)28)29-21-22-15-11-10-12-16-22;/h2*10-12,15-16,23-24,26H,2-9,13-14,17-21H2,1H3,(H,27,28);/q;;+2/p-2. The fraction of sp³-hybridized carbons (Fsp3) is 0.720. The van der Waals surface area contributed by atoms with Crippen LogP contribution in [0, 0.1) is 0 Å². The average Bonchev–Trinajstić information content (AvgIpc) is 3.21. The van der Waals surface area contributed by atoms with Crippen molar-refractivity contribution in [1.29, 1.82) is 0 Å². The van der Waals surface area contributed by atoms with Gasteiger partial charge >= 0.3 is 48.9 Å². The summed E-state index contributed by atoms with van der Waals surface area (Å²) >= 11 is 0. The Labute approximate surface area is 400 Å². The van der Waals surface area contributed by atoms with E-state index >= 15 is 0 Å². The number of unbranched alkanes of at least 4 members (excludes halogenated alkanes) is 16. The van der Waals surface area contributed by atoms with Gasteiger partial charge < -0.3 is 39.5 Å². The van der Waals surface area contributed by atoms with E-state index in [1.54, 1.807) is 0 Å². The molecule has 2 N–H and O–H groups in total. The Morgan fingerprint density at radius 2 is 0.780 bits per heavy atom. The van der Waals surface area contributed by atoms with Gasteiger partial charge in [0.15, 0.2) is 0 Å². The van der Waals surface area contributed by atoms with Crippen molar-refractivity contribution in [3.63, 3.8) is 0 Å². The van der Waals surface area contributed by atoms with E-state index in [2.05, 4.69) is 13.8 Å². The van der Waals surface area contributed by atoms with Crippen molar-refractivity contribution in [3.8, 4) is 0 Å². The van der Waals surface area contributed by atoms with Crippen molar-refractivity contribution in [1.82, 2.24) is 0 Å². The van der Waals surface area contributed by atoms with Gasteiger partial charge in [-0.15, -0.1) is 0 Å². The topological polar surface area (TPSA) is 139 Å². The molecule has 4 unspecified atom stereocenters. The molecule has 0 bridgehead atoms. The van der Waals surface area contributed by atoms with E-state index in [4.69, 9.17) is 9.47 Å². The van der Waals surface area contributed by atoms with Crippen molar-refractivity contribution >= 4 is 60.8 Å². The van der Waals surface area contributed by atoms with Crippen LogP contribution in [0.25, 0.3) is 0 Å². The average molecular weight is 949 g/mol. The van der Waals surface area contributed by atoms with Gasteiger partial charge in [0, 0.05) is 11.9 Å². The van der Waals surface area contributed by atoms with Gasteiger partial charge in [-0.05, 0) is 75.3 Å². The monoisotopic (exact) mass is 949 g/mol. The maximum absolute atomic E-state index is 10.5. The molecular formula is C50H82BaO8. The predicted octanol–water partition coefficient (Wildman–Crippen LogP) is 9.95. The zero-order valence-electron chi connectivity index (χ0n) is 37.3. The molecule has 0 spiro atoms. The van der Waals surface area contributed by atoms with E-state index in [1.165, 1.54) is 103 Å². The van der Waals surface area contributed by atoms with E-state index in [1.807, 2.05) is 60.7 Å². The Kier molecular flexibility index (Phi) is 41.2. The molecule has 0 radical (unpaired) electrons. The number of rotatable bonds is 38. The Balaban J connectivity index is 0.00000112. The zero-order valence-corrected chi connectivity index (χ0v) is 41.8. The fourth-order valence-corrected chi connectivity index (χ4v) is 7.29. The number of carboxylic acids is 2. The SMILES string of the molecule is CCCCCCCCCCCC(CC(O)CCCC(=O)[O-])OCc1ccccc1.CCCCCCCCCCCC(CC(O)CCCC(=O)[O-])OCc1ccccc1.[Ba+2]. The zero-order chi connectivity index (χ0) is 42.3. The van der Waals surface area contributed by atoms with Gasteiger partial charge in [-0.25, -0.2) is 0 Å². The van der Waals surface area contributed by atoms with E-state index in [-0.39, 0.29) is 73.9 Å². The smallest absolute Gasteiger partial charge is 0.550 e. The summed E-state index contributed by atoms with van der Waals surface area (Å²) in [5.41, 5.74) is 2.27. The number of ether oxygens (including phenoxy) is 2. The summed E-state index contributed by atoms with van der Waals surface area (Å²) < 4.78 is 12.2. The molecule has 0 aliphatic heterocycles. The summed E-state index contributed by atoms with van der Waals surface area (Å²) in [6.07, 6.45) is 27.1. The van der Waals surface area contributed by atoms with E-state index < -0.39 is 24.1 Å². The molecular weight excluding hydrogens is 866 g/mol. The molecule has 0 saturated heterocycles. The first-order valence-electron chi connectivity index (χ1n) is 23.3.